The smallest absolute Gasteiger partial charge is 0.242 e. The van der Waals surface area contributed by atoms with Crippen molar-refractivity contribution in [3.63, 3.8) is 0 Å². The molecule has 0 saturated carbocycles. The number of pyridine rings is 1. The fourth-order valence-corrected chi connectivity index (χ4v) is 2.48. The molecule has 0 aromatic carbocycles. The summed E-state index contributed by atoms with van der Waals surface area (Å²) in [5.74, 6) is 1.95. The maximum Gasteiger partial charge on any atom is 0.242 e. The van der Waals surface area contributed by atoms with Crippen LogP contribution in [0.3, 0.4) is 0 Å². The van der Waals surface area contributed by atoms with Crippen LogP contribution in [0, 0.1) is 6.92 Å². The average Bonchev–Trinajstić information content (AvgIpc) is 2.33. The summed E-state index contributed by atoms with van der Waals surface area (Å²) in [6.07, 6.45) is 3.41. The van der Waals surface area contributed by atoms with Crippen LogP contribution in [0.25, 0.3) is 0 Å². The Morgan fingerprint density at radius 1 is 1.69 bits per heavy atom. The zero-order valence-corrected chi connectivity index (χ0v) is 10.0. The summed E-state index contributed by atoms with van der Waals surface area (Å²) in [5, 5.41) is 6.11. The second-order valence-electron chi connectivity index (χ2n) is 3.76. The summed E-state index contributed by atoms with van der Waals surface area (Å²) in [6.45, 7) is 2.86. The molecule has 4 nitrogen and oxygen atoms in total. The SMILES string of the molecule is Cc1ccncc1NC(=O)C1CSCCN1. The molecule has 0 spiro atoms. The molecular weight excluding hydrogens is 222 g/mol. The third kappa shape index (κ3) is 2.74. The fourth-order valence-electron chi connectivity index (χ4n) is 1.55. The predicted molar refractivity (Wildman–Crippen MR) is 66.7 cm³/mol. The number of aryl methyl sites for hydroxylation is 1. The quantitative estimate of drug-likeness (QED) is 0.807. The molecular formula is C11H15N3OS. The Morgan fingerprint density at radius 3 is 3.25 bits per heavy atom. The Hall–Kier alpha value is -1.07. The predicted octanol–water partition coefficient (Wildman–Crippen LogP) is 1.03. The first-order valence-electron chi connectivity index (χ1n) is 5.30. The van der Waals surface area contributed by atoms with Crippen molar-refractivity contribution in [1.29, 1.82) is 0 Å². The number of carbonyl (C=O) groups excluding carboxylic acids is 1. The number of hydrogen-bond donors (Lipinski definition) is 2. The van der Waals surface area contributed by atoms with Gasteiger partial charge in [0.25, 0.3) is 0 Å². The van der Waals surface area contributed by atoms with E-state index in [0.29, 0.717) is 0 Å². The largest absolute Gasteiger partial charge is 0.323 e. The first-order chi connectivity index (χ1) is 7.77. The van der Waals surface area contributed by atoms with E-state index >= 15 is 0 Å². The third-order valence-corrected chi connectivity index (χ3v) is 3.60. The third-order valence-electron chi connectivity index (χ3n) is 2.54. The van der Waals surface area contributed by atoms with E-state index in [4.69, 9.17) is 0 Å². The van der Waals surface area contributed by atoms with Gasteiger partial charge in [0.15, 0.2) is 0 Å². The molecule has 1 fully saturated rings. The van der Waals surface area contributed by atoms with E-state index in [-0.39, 0.29) is 11.9 Å². The molecule has 0 bridgehead atoms. The summed E-state index contributed by atoms with van der Waals surface area (Å²) in [5.41, 5.74) is 1.83. The highest BCUT2D eigenvalue weighted by Crippen LogP contribution is 2.14. The minimum atomic E-state index is -0.0849. The van der Waals surface area contributed by atoms with Crippen molar-refractivity contribution in [3.05, 3.63) is 24.0 Å². The molecule has 1 aliphatic heterocycles. The number of rotatable bonds is 2. The molecule has 1 saturated heterocycles. The number of thioether (sulfide) groups is 1. The standard InChI is InChI=1S/C11H15N3OS/c1-8-2-3-12-6-9(8)14-11(15)10-7-16-5-4-13-10/h2-3,6,10,13H,4-5,7H2,1H3,(H,14,15). The number of carbonyl (C=O) groups is 1. The van der Waals surface area contributed by atoms with E-state index in [1.54, 1.807) is 12.4 Å². The molecule has 5 heteroatoms. The molecule has 1 aliphatic rings. The molecule has 1 aromatic rings. The van der Waals surface area contributed by atoms with E-state index in [1.165, 1.54) is 0 Å². The van der Waals surface area contributed by atoms with Crippen molar-refractivity contribution in [2.45, 2.75) is 13.0 Å². The summed E-state index contributed by atoms with van der Waals surface area (Å²) in [7, 11) is 0. The molecule has 2 rings (SSSR count). The van der Waals surface area contributed by atoms with Crippen molar-refractivity contribution in [3.8, 4) is 0 Å². The Morgan fingerprint density at radius 2 is 2.56 bits per heavy atom. The van der Waals surface area contributed by atoms with Gasteiger partial charge in [-0.25, -0.2) is 0 Å². The van der Waals surface area contributed by atoms with E-state index < -0.39 is 0 Å². The van der Waals surface area contributed by atoms with Crippen LogP contribution in [-0.4, -0.2) is 35.0 Å². The zero-order chi connectivity index (χ0) is 11.4. The number of nitrogens with one attached hydrogen (secondary N) is 2. The second-order valence-corrected chi connectivity index (χ2v) is 4.91. The van der Waals surface area contributed by atoms with Crippen molar-refractivity contribution in [1.82, 2.24) is 10.3 Å². The molecule has 1 unspecified atom stereocenters. The van der Waals surface area contributed by atoms with Gasteiger partial charge in [-0.1, -0.05) is 0 Å². The summed E-state index contributed by atoms with van der Waals surface area (Å²) >= 11 is 1.81. The van der Waals surface area contributed by atoms with Crippen LogP contribution in [0.15, 0.2) is 18.5 Å². The van der Waals surface area contributed by atoms with Gasteiger partial charge in [0.05, 0.1) is 17.9 Å². The maximum absolute atomic E-state index is 11.9. The van der Waals surface area contributed by atoms with Gasteiger partial charge in [0.2, 0.25) is 5.91 Å². The lowest BCUT2D eigenvalue weighted by atomic mass is 10.2. The number of amides is 1. The number of nitrogens with zero attached hydrogens (tertiary/aromatic N) is 1. The fraction of sp³-hybridized carbons (Fsp3) is 0.455. The first-order valence-corrected chi connectivity index (χ1v) is 6.45. The van der Waals surface area contributed by atoms with Crippen LogP contribution in [0.5, 0.6) is 0 Å². The van der Waals surface area contributed by atoms with Crippen LogP contribution in [0.4, 0.5) is 5.69 Å². The van der Waals surface area contributed by atoms with E-state index in [9.17, 15) is 4.79 Å². The molecule has 1 atom stereocenters. The normalized spacial score (nSPS) is 20.4. The highest BCUT2D eigenvalue weighted by Gasteiger charge is 2.21. The molecule has 86 valence electrons. The topological polar surface area (TPSA) is 54.0 Å². The van der Waals surface area contributed by atoms with Crippen LogP contribution >= 0.6 is 11.8 Å². The maximum atomic E-state index is 11.9. The van der Waals surface area contributed by atoms with E-state index in [0.717, 1.165) is 29.3 Å². The van der Waals surface area contributed by atoms with Gasteiger partial charge in [0, 0.05) is 24.2 Å². The molecule has 16 heavy (non-hydrogen) atoms. The molecule has 1 amide bonds. The number of hydrogen-bond acceptors (Lipinski definition) is 4. The minimum absolute atomic E-state index is 0.0308. The first kappa shape index (κ1) is 11.4. The molecule has 1 aromatic heterocycles. The lowest BCUT2D eigenvalue weighted by Gasteiger charge is -2.22. The van der Waals surface area contributed by atoms with Gasteiger partial charge >= 0.3 is 0 Å². The summed E-state index contributed by atoms with van der Waals surface area (Å²) in [4.78, 5) is 15.9. The second kappa shape index (κ2) is 5.32. The van der Waals surface area contributed by atoms with Crippen molar-refractivity contribution >= 4 is 23.4 Å². The van der Waals surface area contributed by atoms with Gasteiger partial charge in [-0.15, -0.1) is 0 Å². The van der Waals surface area contributed by atoms with Crippen LogP contribution in [0.1, 0.15) is 5.56 Å². The van der Waals surface area contributed by atoms with Gasteiger partial charge in [0.1, 0.15) is 0 Å². The lowest BCUT2D eigenvalue weighted by molar-refractivity contribution is -0.117. The van der Waals surface area contributed by atoms with E-state index in [1.807, 2.05) is 24.8 Å². The Bertz CT molecular complexity index is 377. The lowest BCUT2D eigenvalue weighted by Crippen LogP contribution is -2.46. The minimum Gasteiger partial charge on any atom is -0.323 e. The van der Waals surface area contributed by atoms with Crippen LogP contribution < -0.4 is 10.6 Å². The van der Waals surface area contributed by atoms with Crippen LogP contribution in [0.2, 0.25) is 0 Å². The number of aromatic nitrogens is 1. The Kier molecular flexibility index (Phi) is 3.79. The molecule has 0 radical (unpaired) electrons. The van der Waals surface area contributed by atoms with E-state index in [2.05, 4.69) is 15.6 Å². The van der Waals surface area contributed by atoms with Crippen molar-refractivity contribution < 1.29 is 4.79 Å². The molecule has 0 aliphatic carbocycles. The van der Waals surface area contributed by atoms with Gasteiger partial charge in [-0.2, -0.15) is 11.8 Å². The van der Waals surface area contributed by atoms with Gasteiger partial charge in [-0.05, 0) is 18.6 Å². The average molecular weight is 237 g/mol. The molecule has 2 heterocycles. The Labute approximate surface area is 99.2 Å². The Balaban J connectivity index is 1.99. The van der Waals surface area contributed by atoms with Crippen molar-refractivity contribution in [2.75, 3.05) is 23.4 Å². The van der Waals surface area contributed by atoms with Crippen LogP contribution in [-0.2, 0) is 4.79 Å². The summed E-state index contributed by atoms with van der Waals surface area (Å²) in [6, 6.07) is 1.80. The summed E-state index contributed by atoms with van der Waals surface area (Å²) < 4.78 is 0. The van der Waals surface area contributed by atoms with Gasteiger partial charge in [-0.3, -0.25) is 9.78 Å². The highest BCUT2D eigenvalue weighted by atomic mass is 32.2. The highest BCUT2D eigenvalue weighted by molar-refractivity contribution is 7.99. The molecule has 2 N–H and O–H groups in total. The zero-order valence-electron chi connectivity index (χ0n) is 9.19. The number of anilines is 1. The van der Waals surface area contributed by atoms with Crippen molar-refractivity contribution in [2.24, 2.45) is 0 Å². The van der Waals surface area contributed by atoms with Gasteiger partial charge < -0.3 is 10.6 Å². The monoisotopic (exact) mass is 237 g/mol.